The molecule has 0 spiro atoms. The molecule has 0 radical (unpaired) electrons. The van der Waals surface area contributed by atoms with Gasteiger partial charge in [0.15, 0.2) is 0 Å². The Morgan fingerprint density at radius 2 is 1.40 bits per heavy atom. The van der Waals surface area contributed by atoms with Crippen LogP contribution in [-0.2, 0) is 12.8 Å². The predicted molar refractivity (Wildman–Crippen MR) is 112 cm³/mol. The van der Waals surface area contributed by atoms with Crippen LogP contribution in [0.25, 0.3) is 0 Å². The van der Waals surface area contributed by atoms with Gasteiger partial charge >= 0.3 is 0 Å². The van der Waals surface area contributed by atoms with Crippen molar-refractivity contribution in [1.29, 1.82) is 0 Å². The molecule has 0 aliphatic rings. The van der Waals surface area contributed by atoms with Crippen LogP contribution in [0.15, 0.2) is 71.9 Å². The average Bonchev–Trinajstić information content (AvgIpc) is 2.60. The average molecular weight is 353 g/mol. The Kier molecular flexibility index (Phi) is 7.67. The van der Waals surface area contributed by atoms with Crippen LogP contribution >= 0.6 is 0 Å². The third-order valence-electron chi connectivity index (χ3n) is 4.65. The minimum atomic E-state index is -1.51. The maximum Gasteiger partial charge on any atom is 0.0753 e. The van der Waals surface area contributed by atoms with Crippen LogP contribution in [0.5, 0.6) is 0 Å². The molecule has 25 heavy (non-hydrogen) atoms. The second kappa shape index (κ2) is 9.74. The summed E-state index contributed by atoms with van der Waals surface area (Å²) in [5, 5.41) is 12.1. The Bertz CT molecular complexity index is 641. The number of hydrogen-bond donors (Lipinski definition) is 1. The second-order valence-corrected chi connectivity index (χ2v) is 12.9. The first-order valence-corrected chi connectivity index (χ1v) is 12.9. The first-order valence-electron chi connectivity index (χ1n) is 9.43. The maximum atomic E-state index is 10.8. The van der Waals surface area contributed by atoms with Gasteiger partial charge in [-0.1, -0.05) is 91.6 Å². The zero-order valence-corrected chi connectivity index (χ0v) is 16.9. The van der Waals surface area contributed by atoms with E-state index in [9.17, 15) is 5.11 Å². The van der Waals surface area contributed by atoms with Crippen molar-refractivity contribution in [3.8, 4) is 0 Å². The summed E-state index contributed by atoms with van der Waals surface area (Å²) >= 11 is 0. The molecular formula is C23H32OSi. The summed E-state index contributed by atoms with van der Waals surface area (Å²) in [6.45, 7) is 7.01. The summed E-state index contributed by atoms with van der Waals surface area (Å²) in [6, 6.07) is 21.1. The number of allylic oxidation sites excluding steroid dienone is 1. The van der Waals surface area contributed by atoms with E-state index >= 15 is 0 Å². The highest BCUT2D eigenvalue weighted by molar-refractivity contribution is 6.83. The highest BCUT2D eigenvalue weighted by Gasteiger charge is 2.25. The van der Waals surface area contributed by atoms with Gasteiger partial charge in [0.1, 0.15) is 0 Å². The molecule has 1 unspecified atom stereocenters. The fourth-order valence-electron chi connectivity index (χ4n) is 3.25. The molecule has 0 heterocycles. The SMILES string of the molecule is C[Si](C)(C)/C(=C\CCCc1ccccc1)C(O)CCc1ccccc1. The highest BCUT2D eigenvalue weighted by atomic mass is 28.3. The number of benzene rings is 2. The Labute approximate surface area is 154 Å². The van der Waals surface area contributed by atoms with Crippen molar-refractivity contribution in [3.05, 3.63) is 83.1 Å². The van der Waals surface area contributed by atoms with Crippen LogP contribution in [0.3, 0.4) is 0 Å². The van der Waals surface area contributed by atoms with Crippen molar-refractivity contribution in [2.45, 2.75) is 57.8 Å². The van der Waals surface area contributed by atoms with Gasteiger partial charge in [0.25, 0.3) is 0 Å². The molecule has 0 bridgehead atoms. The number of hydrogen-bond acceptors (Lipinski definition) is 1. The van der Waals surface area contributed by atoms with Crippen LogP contribution in [-0.4, -0.2) is 19.3 Å². The van der Waals surface area contributed by atoms with Gasteiger partial charge in [0.2, 0.25) is 0 Å². The Morgan fingerprint density at radius 3 is 1.92 bits per heavy atom. The number of unbranched alkanes of at least 4 members (excludes halogenated alkanes) is 1. The smallest absolute Gasteiger partial charge is 0.0753 e. The van der Waals surface area contributed by atoms with Crippen LogP contribution in [0.1, 0.15) is 30.4 Å². The lowest BCUT2D eigenvalue weighted by Gasteiger charge is -2.26. The van der Waals surface area contributed by atoms with Crippen LogP contribution < -0.4 is 0 Å². The summed E-state index contributed by atoms with van der Waals surface area (Å²) in [5.41, 5.74) is 2.70. The van der Waals surface area contributed by atoms with Crippen molar-refractivity contribution in [2.75, 3.05) is 0 Å². The maximum absolute atomic E-state index is 10.8. The lowest BCUT2D eigenvalue weighted by atomic mass is 10.1. The van der Waals surface area contributed by atoms with Crippen molar-refractivity contribution >= 4 is 8.07 Å². The Balaban J connectivity index is 1.90. The van der Waals surface area contributed by atoms with Crippen molar-refractivity contribution in [3.63, 3.8) is 0 Å². The van der Waals surface area contributed by atoms with Gasteiger partial charge in [0.05, 0.1) is 14.2 Å². The monoisotopic (exact) mass is 352 g/mol. The largest absolute Gasteiger partial charge is 0.389 e. The van der Waals surface area contributed by atoms with Gasteiger partial charge in [-0.25, -0.2) is 0 Å². The van der Waals surface area contributed by atoms with E-state index in [2.05, 4.69) is 80.3 Å². The zero-order chi connectivity index (χ0) is 18.1. The first kappa shape index (κ1) is 19.7. The molecular weight excluding hydrogens is 320 g/mol. The van der Waals surface area contributed by atoms with E-state index in [-0.39, 0.29) is 6.10 Å². The van der Waals surface area contributed by atoms with E-state index in [1.165, 1.54) is 16.3 Å². The lowest BCUT2D eigenvalue weighted by Crippen LogP contribution is -2.32. The number of aryl methyl sites for hydroxylation is 2. The van der Waals surface area contributed by atoms with E-state index in [4.69, 9.17) is 0 Å². The number of rotatable bonds is 9. The van der Waals surface area contributed by atoms with Gasteiger partial charge in [-0.15, -0.1) is 0 Å². The van der Waals surface area contributed by atoms with Crippen LogP contribution in [0, 0.1) is 0 Å². The molecule has 1 atom stereocenters. The van der Waals surface area contributed by atoms with E-state index in [1.807, 2.05) is 6.07 Å². The van der Waals surface area contributed by atoms with Gasteiger partial charge in [-0.2, -0.15) is 0 Å². The highest BCUT2D eigenvalue weighted by Crippen LogP contribution is 2.23. The molecule has 2 aromatic rings. The minimum Gasteiger partial charge on any atom is -0.389 e. The minimum absolute atomic E-state index is 0.302. The molecule has 1 N–H and O–H groups in total. The molecule has 0 saturated carbocycles. The molecule has 0 aliphatic heterocycles. The van der Waals surface area contributed by atoms with Crippen molar-refractivity contribution < 1.29 is 5.11 Å². The summed E-state index contributed by atoms with van der Waals surface area (Å²) in [4.78, 5) is 0. The van der Waals surface area contributed by atoms with Gasteiger partial charge < -0.3 is 5.11 Å². The molecule has 134 valence electrons. The van der Waals surface area contributed by atoms with Crippen LogP contribution in [0.2, 0.25) is 19.6 Å². The van der Waals surface area contributed by atoms with Gasteiger partial charge in [-0.05, 0) is 43.2 Å². The first-order chi connectivity index (χ1) is 12.0. The second-order valence-electron chi connectivity index (χ2n) is 7.83. The molecule has 0 aliphatic carbocycles. The molecule has 0 fully saturated rings. The zero-order valence-electron chi connectivity index (χ0n) is 15.9. The molecule has 0 amide bonds. The molecule has 2 aromatic carbocycles. The van der Waals surface area contributed by atoms with Gasteiger partial charge in [-0.3, -0.25) is 0 Å². The number of aliphatic hydroxyl groups excluding tert-OH is 1. The Morgan fingerprint density at radius 1 is 0.880 bits per heavy atom. The summed E-state index contributed by atoms with van der Waals surface area (Å²) < 4.78 is 0. The summed E-state index contributed by atoms with van der Waals surface area (Å²) in [7, 11) is -1.51. The van der Waals surface area contributed by atoms with Crippen molar-refractivity contribution in [2.24, 2.45) is 0 Å². The summed E-state index contributed by atoms with van der Waals surface area (Å²) in [5.74, 6) is 0. The fraction of sp³-hybridized carbons (Fsp3) is 0.391. The van der Waals surface area contributed by atoms with E-state index in [0.29, 0.717) is 0 Å². The fourth-order valence-corrected chi connectivity index (χ4v) is 5.15. The normalized spacial score (nSPS) is 13.7. The molecule has 2 rings (SSSR count). The molecule has 0 saturated heterocycles. The van der Waals surface area contributed by atoms with Gasteiger partial charge in [0, 0.05) is 0 Å². The third kappa shape index (κ3) is 7.01. The van der Waals surface area contributed by atoms with E-state index in [0.717, 1.165) is 32.1 Å². The van der Waals surface area contributed by atoms with E-state index in [1.54, 1.807) is 0 Å². The van der Waals surface area contributed by atoms with Crippen molar-refractivity contribution in [1.82, 2.24) is 0 Å². The molecule has 1 nitrogen and oxygen atoms in total. The predicted octanol–water partition coefficient (Wildman–Crippen LogP) is 5.81. The molecule has 2 heteroatoms. The topological polar surface area (TPSA) is 20.2 Å². The third-order valence-corrected chi connectivity index (χ3v) is 6.92. The quantitative estimate of drug-likeness (QED) is 0.446. The molecule has 0 aromatic heterocycles. The van der Waals surface area contributed by atoms with E-state index < -0.39 is 8.07 Å². The lowest BCUT2D eigenvalue weighted by molar-refractivity contribution is 0.206. The van der Waals surface area contributed by atoms with Crippen LogP contribution in [0.4, 0.5) is 0 Å². The Hall–Kier alpha value is -1.64. The number of aliphatic hydroxyl groups is 1. The standard InChI is InChI=1S/C23H32OSi/c1-25(2,3)23(17-11-10-16-20-12-6-4-7-13-20)22(24)19-18-21-14-8-5-9-15-21/h4-9,12-15,17,22,24H,10-11,16,18-19H2,1-3H3/b23-17-. The summed E-state index contributed by atoms with van der Waals surface area (Å²) in [6.07, 6.45) is 7.09.